The van der Waals surface area contributed by atoms with Crippen LogP contribution in [-0.4, -0.2) is 31.4 Å². The van der Waals surface area contributed by atoms with Gasteiger partial charge in [-0.1, -0.05) is 24.3 Å². The van der Waals surface area contributed by atoms with E-state index in [1.165, 1.54) is 11.1 Å². The Morgan fingerprint density at radius 2 is 1.83 bits per heavy atom. The first-order chi connectivity index (χ1) is 11.4. The second-order valence-corrected chi connectivity index (χ2v) is 7.09. The zero-order valence-electron chi connectivity index (χ0n) is 15.0. The molecule has 0 radical (unpaired) electrons. The van der Waals surface area contributed by atoms with Crippen LogP contribution in [0.3, 0.4) is 0 Å². The molecule has 0 amide bonds. The Kier molecular flexibility index (Phi) is 8.08. The Hall–Kier alpha value is -1.72. The van der Waals surface area contributed by atoms with Crippen LogP contribution in [0.25, 0.3) is 0 Å². The number of hydrogen-bond donors (Lipinski definition) is 2. The number of piperidine rings is 1. The van der Waals surface area contributed by atoms with E-state index < -0.39 is 0 Å². The molecule has 1 saturated heterocycles. The fourth-order valence-corrected chi connectivity index (χ4v) is 3.01. The maximum atomic E-state index is 11.0. The van der Waals surface area contributed by atoms with Crippen molar-refractivity contribution in [1.29, 1.82) is 0 Å². The predicted molar refractivity (Wildman–Crippen MR) is 95.7 cm³/mol. The molecular weight excluding hydrogens is 304 g/mol. The monoisotopic (exact) mass is 334 g/mol. The fraction of sp³-hybridized carbons (Fsp3) is 0.579. The van der Waals surface area contributed by atoms with Crippen LogP contribution in [0.5, 0.6) is 0 Å². The molecule has 1 aliphatic heterocycles. The highest BCUT2D eigenvalue weighted by Crippen LogP contribution is 2.37. The molecule has 5 heteroatoms. The van der Waals surface area contributed by atoms with Gasteiger partial charge in [0.05, 0.1) is 0 Å². The van der Waals surface area contributed by atoms with Gasteiger partial charge >= 0.3 is 0 Å². The van der Waals surface area contributed by atoms with Crippen LogP contribution in [0.2, 0.25) is 0 Å². The molecule has 0 atom stereocenters. The highest BCUT2D eigenvalue weighted by molar-refractivity contribution is 5.54. The zero-order chi connectivity index (χ0) is 18.1. The number of hydrogen-bond acceptors (Lipinski definition) is 5. The van der Waals surface area contributed by atoms with Gasteiger partial charge < -0.3 is 20.6 Å². The van der Waals surface area contributed by atoms with Gasteiger partial charge in [-0.2, -0.15) is 0 Å². The molecule has 0 aliphatic carbocycles. The van der Waals surface area contributed by atoms with Crippen LogP contribution < -0.4 is 11.1 Å². The van der Waals surface area contributed by atoms with Crippen molar-refractivity contribution in [2.45, 2.75) is 57.6 Å². The van der Waals surface area contributed by atoms with Crippen LogP contribution in [0.4, 0.5) is 0 Å². The fourth-order valence-electron chi connectivity index (χ4n) is 3.01. The third-order valence-electron chi connectivity index (χ3n) is 4.25. The van der Waals surface area contributed by atoms with E-state index in [0.29, 0.717) is 19.4 Å². The van der Waals surface area contributed by atoms with Gasteiger partial charge in [-0.05, 0) is 57.8 Å². The first kappa shape index (κ1) is 20.3. The normalized spacial score (nSPS) is 16.5. The van der Waals surface area contributed by atoms with Crippen molar-refractivity contribution in [3.8, 4) is 0 Å². The van der Waals surface area contributed by atoms with E-state index in [-0.39, 0.29) is 11.0 Å². The second kappa shape index (κ2) is 9.55. The van der Waals surface area contributed by atoms with Crippen molar-refractivity contribution < 1.29 is 14.3 Å². The molecule has 0 spiro atoms. The van der Waals surface area contributed by atoms with Crippen LogP contribution in [-0.2, 0) is 26.3 Å². The number of benzene rings is 1. The molecule has 0 unspecified atom stereocenters. The number of carbonyl (C=O) groups excluding carboxylic acids is 2. The molecule has 0 bridgehead atoms. The minimum absolute atomic E-state index is 0.00294. The van der Waals surface area contributed by atoms with Crippen molar-refractivity contribution in [1.82, 2.24) is 5.32 Å². The SMILES string of the molecule is CC(C)(C)OC=O.NCc1ccccc1C1(CC=O)CCNCC1. The van der Waals surface area contributed by atoms with Crippen LogP contribution in [0.1, 0.15) is 51.2 Å². The van der Waals surface area contributed by atoms with Crippen molar-refractivity contribution >= 4 is 12.8 Å². The van der Waals surface area contributed by atoms with E-state index >= 15 is 0 Å². The standard InChI is InChI=1S/C14H20N2O.C5H10O2/c15-11-12-3-1-2-4-13(12)14(7-10-17)5-8-16-9-6-14;1-5(2,3)7-4-6/h1-4,10,16H,5-9,11,15H2;4H,1-3H3. The molecule has 3 N–H and O–H groups in total. The van der Waals surface area contributed by atoms with Gasteiger partial charge in [-0.15, -0.1) is 0 Å². The Morgan fingerprint density at radius 1 is 1.21 bits per heavy atom. The summed E-state index contributed by atoms with van der Waals surface area (Å²) < 4.78 is 4.55. The summed E-state index contributed by atoms with van der Waals surface area (Å²) in [6.07, 6.45) is 3.69. The lowest BCUT2D eigenvalue weighted by atomic mass is 9.69. The molecule has 1 aliphatic rings. The van der Waals surface area contributed by atoms with Gasteiger partial charge in [0.15, 0.2) is 0 Å². The lowest BCUT2D eigenvalue weighted by molar-refractivity contribution is -0.138. The Bertz CT molecular complexity index is 518. The highest BCUT2D eigenvalue weighted by Gasteiger charge is 2.34. The Labute approximate surface area is 145 Å². The van der Waals surface area contributed by atoms with Gasteiger partial charge in [0.1, 0.15) is 11.9 Å². The van der Waals surface area contributed by atoms with Crippen LogP contribution in [0.15, 0.2) is 24.3 Å². The number of aldehydes is 1. The topological polar surface area (TPSA) is 81.4 Å². The molecule has 2 rings (SSSR count). The summed E-state index contributed by atoms with van der Waals surface area (Å²) in [5.74, 6) is 0. The van der Waals surface area contributed by atoms with Gasteiger partial charge in [0, 0.05) is 18.4 Å². The van der Waals surface area contributed by atoms with Crippen molar-refractivity contribution in [2.24, 2.45) is 5.73 Å². The Morgan fingerprint density at radius 3 is 2.29 bits per heavy atom. The largest absolute Gasteiger partial charge is 0.462 e. The van der Waals surface area contributed by atoms with Crippen LogP contribution >= 0.6 is 0 Å². The van der Waals surface area contributed by atoms with E-state index in [1.807, 2.05) is 32.9 Å². The molecule has 0 saturated carbocycles. The van der Waals surface area contributed by atoms with E-state index in [9.17, 15) is 9.59 Å². The number of nitrogens with two attached hydrogens (primary N) is 1. The summed E-state index contributed by atoms with van der Waals surface area (Å²) in [6, 6.07) is 8.27. The first-order valence-corrected chi connectivity index (χ1v) is 8.43. The van der Waals surface area contributed by atoms with E-state index in [1.54, 1.807) is 0 Å². The molecule has 24 heavy (non-hydrogen) atoms. The smallest absolute Gasteiger partial charge is 0.293 e. The number of nitrogens with one attached hydrogen (secondary N) is 1. The summed E-state index contributed by atoms with van der Waals surface area (Å²) >= 11 is 0. The van der Waals surface area contributed by atoms with Gasteiger partial charge in [0.2, 0.25) is 0 Å². The average Bonchev–Trinajstić information content (AvgIpc) is 2.55. The summed E-state index contributed by atoms with van der Waals surface area (Å²) in [5, 5.41) is 3.36. The summed E-state index contributed by atoms with van der Waals surface area (Å²) in [5.41, 5.74) is 7.94. The van der Waals surface area contributed by atoms with E-state index in [4.69, 9.17) is 5.73 Å². The van der Waals surface area contributed by atoms with Crippen LogP contribution in [0, 0.1) is 0 Å². The molecule has 1 fully saturated rings. The lowest BCUT2D eigenvalue weighted by Gasteiger charge is -2.38. The number of carbonyl (C=O) groups is 2. The van der Waals surface area contributed by atoms with E-state index in [0.717, 1.165) is 32.2 Å². The minimum atomic E-state index is -0.318. The quantitative estimate of drug-likeness (QED) is 0.808. The van der Waals surface area contributed by atoms with Gasteiger partial charge in [0.25, 0.3) is 6.47 Å². The van der Waals surface area contributed by atoms with E-state index in [2.05, 4.69) is 22.2 Å². The molecule has 5 nitrogen and oxygen atoms in total. The first-order valence-electron chi connectivity index (χ1n) is 8.43. The average molecular weight is 334 g/mol. The van der Waals surface area contributed by atoms with Gasteiger partial charge in [-0.25, -0.2) is 0 Å². The second-order valence-electron chi connectivity index (χ2n) is 7.09. The highest BCUT2D eigenvalue weighted by atomic mass is 16.5. The summed E-state index contributed by atoms with van der Waals surface area (Å²) in [6.45, 7) is 8.42. The minimum Gasteiger partial charge on any atom is -0.462 e. The van der Waals surface area contributed by atoms with Gasteiger partial charge in [-0.3, -0.25) is 4.79 Å². The molecule has 1 aromatic carbocycles. The summed E-state index contributed by atoms with van der Waals surface area (Å²) in [4.78, 5) is 20.6. The van der Waals surface area contributed by atoms with Crippen molar-refractivity contribution in [3.63, 3.8) is 0 Å². The maximum Gasteiger partial charge on any atom is 0.293 e. The maximum absolute atomic E-state index is 11.0. The zero-order valence-corrected chi connectivity index (χ0v) is 15.0. The Balaban J connectivity index is 0.000000351. The lowest BCUT2D eigenvalue weighted by Crippen LogP contribution is -2.41. The number of ether oxygens (including phenoxy) is 1. The molecule has 1 aromatic rings. The predicted octanol–water partition coefficient (Wildman–Crippen LogP) is 2.31. The third-order valence-corrected chi connectivity index (χ3v) is 4.25. The molecule has 0 aromatic heterocycles. The van der Waals surface area contributed by atoms with Crippen molar-refractivity contribution in [2.75, 3.05) is 13.1 Å². The molecule has 134 valence electrons. The third kappa shape index (κ3) is 6.06. The number of rotatable bonds is 5. The summed E-state index contributed by atoms with van der Waals surface area (Å²) in [7, 11) is 0. The molecule has 1 heterocycles. The molecular formula is C19H30N2O3. The van der Waals surface area contributed by atoms with Crippen molar-refractivity contribution in [3.05, 3.63) is 35.4 Å².